The first kappa shape index (κ1) is 26.9. The molecular weight excluding hydrogens is 547 g/mol. The fraction of sp³-hybridized carbons (Fsp3) is 0.0714. The number of hydrogen-bond donors (Lipinski definition) is 0. The molecule has 0 fully saturated rings. The highest BCUT2D eigenvalue weighted by molar-refractivity contribution is 6.39. The number of nitrogens with zero attached hydrogens (tertiary/aromatic N) is 2. The highest BCUT2D eigenvalue weighted by atomic mass is 35.5. The average Bonchev–Trinajstić information content (AvgIpc) is 2.84. The first-order valence-corrected chi connectivity index (χ1v) is 12.0. The second-order valence-corrected chi connectivity index (χ2v) is 9.20. The Hall–Kier alpha value is -3.19. The summed E-state index contributed by atoms with van der Waals surface area (Å²) in [7, 11) is 0. The second-order valence-electron chi connectivity index (χ2n) is 8.09. The third-order valence-corrected chi connectivity index (χ3v) is 6.87. The largest absolute Gasteiger partial charge is 0.248 e. The van der Waals surface area contributed by atoms with E-state index >= 15 is 0 Å². The summed E-state index contributed by atoms with van der Waals surface area (Å²) in [5.74, 6) is -2.81. The maximum atomic E-state index is 13.9. The Morgan fingerprint density at radius 3 is 1.73 bits per heavy atom. The zero-order valence-electron chi connectivity index (χ0n) is 19.4. The van der Waals surface area contributed by atoms with E-state index in [0.29, 0.717) is 16.8 Å². The zero-order valence-corrected chi connectivity index (χ0v) is 21.7. The summed E-state index contributed by atoms with van der Waals surface area (Å²) in [4.78, 5) is 8.18. The summed E-state index contributed by atoms with van der Waals surface area (Å²) in [6.45, 7) is 3.39. The lowest BCUT2D eigenvalue weighted by atomic mass is 10.1. The van der Waals surface area contributed by atoms with E-state index in [1.54, 1.807) is 19.9 Å². The van der Waals surface area contributed by atoms with Crippen LogP contribution in [0.3, 0.4) is 0 Å². The molecule has 0 amide bonds. The van der Waals surface area contributed by atoms with E-state index in [2.05, 4.69) is 9.97 Å². The third kappa shape index (κ3) is 5.72. The molecule has 0 aliphatic heterocycles. The van der Waals surface area contributed by atoms with Gasteiger partial charge in [0.15, 0.2) is 0 Å². The van der Waals surface area contributed by atoms with Crippen LogP contribution < -0.4 is 0 Å². The molecule has 0 unspecified atom stereocenters. The standard InChI is InChI=1S/C18H12ClF2N.C10H5Cl2F2N/c1-11-15(8-7-12-5-3-2-4-6-12)22-16-10-13(20)9-14(21)17(16)18(11)19;1-4-9(11)8-6(14)2-5(13)3-7(8)15-10(4)12/h2-10H,1H3;2-3H,1H3/b8-7+;. The number of benzene rings is 3. The fourth-order valence-electron chi connectivity index (χ4n) is 3.61. The van der Waals surface area contributed by atoms with Crippen LogP contribution in [0.15, 0.2) is 54.6 Å². The molecule has 9 heteroatoms. The lowest BCUT2D eigenvalue weighted by molar-refractivity contribution is 0.590. The maximum absolute atomic E-state index is 13.9. The normalized spacial score (nSPS) is 11.3. The van der Waals surface area contributed by atoms with Crippen molar-refractivity contribution in [3.63, 3.8) is 0 Å². The van der Waals surface area contributed by atoms with Crippen LogP contribution in [0.4, 0.5) is 17.6 Å². The van der Waals surface area contributed by atoms with Gasteiger partial charge in [0.25, 0.3) is 0 Å². The van der Waals surface area contributed by atoms with Crippen molar-refractivity contribution in [3.8, 4) is 0 Å². The minimum atomic E-state index is -0.734. The van der Waals surface area contributed by atoms with Crippen molar-refractivity contribution in [1.29, 1.82) is 0 Å². The van der Waals surface area contributed by atoms with E-state index in [1.807, 2.05) is 36.4 Å². The third-order valence-electron chi connectivity index (χ3n) is 5.55. The quantitative estimate of drug-likeness (QED) is 0.158. The molecule has 2 nitrogen and oxygen atoms in total. The van der Waals surface area contributed by atoms with Crippen LogP contribution in [-0.4, -0.2) is 9.97 Å². The molecule has 0 aliphatic rings. The van der Waals surface area contributed by atoms with E-state index in [1.165, 1.54) is 6.07 Å². The van der Waals surface area contributed by atoms with Gasteiger partial charge in [0.05, 0.1) is 37.5 Å². The van der Waals surface area contributed by atoms with E-state index in [-0.39, 0.29) is 37.0 Å². The van der Waals surface area contributed by atoms with Crippen molar-refractivity contribution in [2.45, 2.75) is 13.8 Å². The van der Waals surface area contributed by atoms with Gasteiger partial charge in [-0.3, -0.25) is 0 Å². The minimum Gasteiger partial charge on any atom is -0.248 e. The first-order chi connectivity index (χ1) is 17.6. The average molecular weight is 564 g/mol. The molecule has 0 spiro atoms. The molecule has 0 saturated carbocycles. The Balaban J connectivity index is 0.000000186. The second kappa shape index (κ2) is 11.1. The van der Waals surface area contributed by atoms with E-state index in [9.17, 15) is 17.6 Å². The number of rotatable bonds is 2. The van der Waals surface area contributed by atoms with Crippen molar-refractivity contribution < 1.29 is 17.6 Å². The van der Waals surface area contributed by atoms with Crippen molar-refractivity contribution in [2.24, 2.45) is 0 Å². The molecule has 5 rings (SSSR count). The minimum absolute atomic E-state index is 0.0972. The summed E-state index contributed by atoms with van der Waals surface area (Å²) >= 11 is 17.9. The monoisotopic (exact) mass is 562 g/mol. The van der Waals surface area contributed by atoms with Crippen LogP contribution in [0.25, 0.3) is 34.0 Å². The van der Waals surface area contributed by atoms with Gasteiger partial charge in [-0.25, -0.2) is 27.5 Å². The molecule has 2 aromatic heterocycles. The summed E-state index contributed by atoms with van der Waals surface area (Å²) in [5, 5.41) is 0.826. The number of hydrogen-bond acceptors (Lipinski definition) is 2. The molecule has 3 aromatic carbocycles. The Kier molecular flexibility index (Phi) is 8.02. The fourth-order valence-corrected chi connectivity index (χ4v) is 4.41. The van der Waals surface area contributed by atoms with Crippen LogP contribution in [-0.2, 0) is 0 Å². The van der Waals surface area contributed by atoms with Crippen LogP contribution in [0.2, 0.25) is 15.2 Å². The predicted octanol–water partition coefficient (Wildman–Crippen LogP) is 9.77. The molecule has 2 heterocycles. The Labute approximate surface area is 225 Å². The van der Waals surface area contributed by atoms with Gasteiger partial charge >= 0.3 is 0 Å². The molecule has 5 aromatic rings. The highest BCUT2D eigenvalue weighted by Gasteiger charge is 2.15. The first-order valence-electron chi connectivity index (χ1n) is 10.8. The van der Waals surface area contributed by atoms with E-state index in [0.717, 1.165) is 23.8 Å². The van der Waals surface area contributed by atoms with Gasteiger partial charge in [0.2, 0.25) is 0 Å². The van der Waals surface area contributed by atoms with Gasteiger partial charge in [-0.2, -0.15) is 0 Å². The summed E-state index contributed by atoms with van der Waals surface area (Å²) in [6, 6.07) is 13.5. The van der Waals surface area contributed by atoms with Crippen LogP contribution in [0.5, 0.6) is 0 Å². The number of pyridine rings is 2. The zero-order chi connectivity index (χ0) is 26.9. The van der Waals surface area contributed by atoms with Gasteiger partial charge in [-0.1, -0.05) is 71.2 Å². The van der Waals surface area contributed by atoms with Gasteiger partial charge in [-0.05, 0) is 31.1 Å². The molecule has 0 N–H and O–H groups in total. The lowest BCUT2D eigenvalue weighted by Crippen LogP contribution is -1.94. The van der Waals surface area contributed by atoms with Crippen molar-refractivity contribution in [1.82, 2.24) is 9.97 Å². The number of aromatic nitrogens is 2. The highest BCUT2D eigenvalue weighted by Crippen LogP contribution is 2.33. The Morgan fingerprint density at radius 1 is 0.649 bits per heavy atom. The maximum Gasteiger partial charge on any atom is 0.137 e. The summed E-state index contributed by atoms with van der Waals surface area (Å²) in [5.41, 5.74) is 3.06. The van der Waals surface area contributed by atoms with Crippen molar-refractivity contribution in [2.75, 3.05) is 0 Å². The smallest absolute Gasteiger partial charge is 0.137 e. The van der Waals surface area contributed by atoms with E-state index < -0.39 is 23.3 Å². The predicted molar refractivity (Wildman–Crippen MR) is 143 cm³/mol. The Bertz CT molecular complexity index is 1670. The molecule has 0 saturated heterocycles. The molecule has 0 aliphatic carbocycles. The van der Waals surface area contributed by atoms with Gasteiger partial charge in [0, 0.05) is 29.8 Å². The van der Waals surface area contributed by atoms with Gasteiger partial charge in [0.1, 0.15) is 28.4 Å². The van der Waals surface area contributed by atoms with Gasteiger partial charge in [-0.15, -0.1) is 0 Å². The molecule has 188 valence electrons. The van der Waals surface area contributed by atoms with Crippen LogP contribution in [0, 0.1) is 37.1 Å². The summed E-state index contributed by atoms with van der Waals surface area (Å²) in [6.07, 6.45) is 3.67. The Morgan fingerprint density at radius 2 is 1.16 bits per heavy atom. The summed E-state index contributed by atoms with van der Waals surface area (Å²) < 4.78 is 53.6. The number of halogens is 7. The van der Waals surface area contributed by atoms with Crippen molar-refractivity contribution >= 4 is 68.8 Å². The SMILES string of the molecule is Cc1c(/C=C/c2ccccc2)nc2cc(F)cc(F)c2c1Cl.Cc1c(Cl)nc2cc(F)cc(F)c2c1Cl. The molecule has 37 heavy (non-hydrogen) atoms. The van der Waals surface area contributed by atoms with Crippen LogP contribution in [0.1, 0.15) is 22.4 Å². The topological polar surface area (TPSA) is 25.8 Å². The number of fused-ring (bicyclic) bond motifs is 2. The van der Waals surface area contributed by atoms with Gasteiger partial charge < -0.3 is 0 Å². The molecule has 0 atom stereocenters. The van der Waals surface area contributed by atoms with Crippen LogP contribution >= 0.6 is 34.8 Å². The lowest BCUT2D eigenvalue weighted by Gasteiger charge is -2.08. The molecule has 0 bridgehead atoms. The molecule has 0 radical (unpaired) electrons. The molecular formula is C28H17Cl3F4N2. The van der Waals surface area contributed by atoms with Crippen molar-refractivity contribution in [3.05, 3.63) is 115 Å². The van der Waals surface area contributed by atoms with E-state index in [4.69, 9.17) is 34.8 Å².